The number of carbonyl (C=O) groups is 1. The van der Waals surface area contributed by atoms with Crippen LogP contribution in [0.15, 0.2) is 29.4 Å². The molecule has 1 aromatic heterocycles. The van der Waals surface area contributed by atoms with Crippen molar-refractivity contribution >= 4 is 17.6 Å². The van der Waals surface area contributed by atoms with E-state index in [1.54, 1.807) is 0 Å². The van der Waals surface area contributed by atoms with Gasteiger partial charge >= 0.3 is 11.9 Å². The molecule has 0 bridgehead atoms. The molecule has 0 radical (unpaired) electrons. The van der Waals surface area contributed by atoms with Gasteiger partial charge < -0.3 is 15.0 Å². The van der Waals surface area contributed by atoms with Gasteiger partial charge in [0.25, 0.3) is 0 Å². The highest BCUT2D eigenvalue weighted by Gasteiger charge is 2.16. The van der Waals surface area contributed by atoms with Crippen LogP contribution in [0.2, 0.25) is 0 Å². The first-order chi connectivity index (χ1) is 10.5. The monoisotopic (exact) mass is 308 g/mol. The van der Waals surface area contributed by atoms with Gasteiger partial charge in [0.2, 0.25) is 0 Å². The van der Waals surface area contributed by atoms with E-state index < -0.39 is 22.7 Å². The summed E-state index contributed by atoms with van der Waals surface area (Å²) in [6.45, 7) is 1.46. The highest BCUT2D eigenvalue weighted by Crippen LogP contribution is 2.05. The number of tetrazole rings is 1. The summed E-state index contributed by atoms with van der Waals surface area (Å²) in [4.78, 5) is 26.8. The molecule has 0 unspecified atom stereocenters. The smallest absolute Gasteiger partial charge is 0.390 e. The Morgan fingerprint density at radius 3 is 2.73 bits per heavy atom. The van der Waals surface area contributed by atoms with Crippen molar-refractivity contribution in [3.05, 3.63) is 45.8 Å². The standard InChI is InChI=1S/C11H9FN6O4/c1-7(6-17-14-11(13-16-17)18(20)21)15-22-10(19)8-2-4-9(12)5-3-8/h2-5H,6H2,1H3/b15-7-. The Balaban J connectivity index is 1.95. The molecule has 1 heterocycles. The summed E-state index contributed by atoms with van der Waals surface area (Å²) < 4.78 is 12.7. The number of hydrogen-bond acceptors (Lipinski definition) is 8. The summed E-state index contributed by atoms with van der Waals surface area (Å²) in [7, 11) is 0. The summed E-state index contributed by atoms with van der Waals surface area (Å²) in [6, 6.07) is 4.74. The van der Waals surface area contributed by atoms with Gasteiger partial charge in [-0.15, -0.1) is 0 Å². The van der Waals surface area contributed by atoms with Crippen molar-refractivity contribution in [1.29, 1.82) is 0 Å². The van der Waals surface area contributed by atoms with E-state index in [4.69, 9.17) is 0 Å². The summed E-state index contributed by atoms with van der Waals surface area (Å²) >= 11 is 0. The maximum absolute atomic E-state index is 12.7. The lowest BCUT2D eigenvalue weighted by atomic mass is 10.2. The molecule has 0 aliphatic heterocycles. The SMILES string of the molecule is C/C(Cn1nnc([N+](=O)[O-])n1)=N/OC(=O)c1ccc(F)cc1. The van der Waals surface area contributed by atoms with Crippen LogP contribution < -0.4 is 0 Å². The van der Waals surface area contributed by atoms with E-state index in [0.717, 1.165) is 16.9 Å². The van der Waals surface area contributed by atoms with Crippen LogP contribution in [0.3, 0.4) is 0 Å². The van der Waals surface area contributed by atoms with Gasteiger partial charge in [0, 0.05) is 5.21 Å². The lowest BCUT2D eigenvalue weighted by molar-refractivity contribution is -0.394. The van der Waals surface area contributed by atoms with Gasteiger partial charge in [-0.25, -0.2) is 9.18 Å². The number of benzene rings is 1. The van der Waals surface area contributed by atoms with Crippen molar-refractivity contribution in [1.82, 2.24) is 20.2 Å². The van der Waals surface area contributed by atoms with Crippen molar-refractivity contribution in [2.45, 2.75) is 13.5 Å². The van der Waals surface area contributed by atoms with Crippen molar-refractivity contribution < 1.29 is 18.9 Å². The number of aromatic nitrogens is 4. The van der Waals surface area contributed by atoms with E-state index in [-0.39, 0.29) is 17.8 Å². The molecule has 2 aromatic rings. The Labute approximate surface area is 122 Å². The molecule has 0 fully saturated rings. The highest BCUT2D eigenvalue weighted by atomic mass is 19.1. The number of carbonyl (C=O) groups excluding carboxylic acids is 1. The Hall–Kier alpha value is -3.24. The van der Waals surface area contributed by atoms with Crippen LogP contribution in [0.5, 0.6) is 0 Å². The van der Waals surface area contributed by atoms with Crippen LogP contribution >= 0.6 is 0 Å². The quantitative estimate of drug-likeness (QED) is 0.348. The summed E-state index contributed by atoms with van der Waals surface area (Å²) in [6.07, 6.45) is 0. The number of nitro groups is 1. The summed E-state index contributed by atoms with van der Waals surface area (Å²) in [5, 5.41) is 24.1. The molecule has 11 heteroatoms. The van der Waals surface area contributed by atoms with Crippen LogP contribution in [-0.4, -0.2) is 36.8 Å². The summed E-state index contributed by atoms with van der Waals surface area (Å²) in [5.74, 6) is -1.89. The molecule has 0 amide bonds. The number of hydrogen-bond donors (Lipinski definition) is 0. The molecule has 2 rings (SSSR count). The largest absolute Gasteiger partial charge is 0.514 e. The Kier molecular flexibility index (Phi) is 4.46. The predicted octanol–water partition coefficient (Wildman–Crippen LogP) is 0.953. The van der Waals surface area contributed by atoms with Gasteiger partial charge in [0.1, 0.15) is 12.4 Å². The fourth-order valence-electron chi connectivity index (χ4n) is 1.37. The Morgan fingerprint density at radius 1 is 1.45 bits per heavy atom. The third kappa shape index (κ3) is 3.88. The normalized spacial score (nSPS) is 11.3. The maximum Gasteiger partial charge on any atom is 0.514 e. The van der Waals surface area contributed by atoms with E-state index in [1.165, 1.54) is 19.1 Å². The third-order valence-electron chi connectivity index (χ3n) is 2.34. The minimum Gasteiger partial charge on any atom is -0.390 e. The van der Waals surface area contributed by atoms with E-state index in [9.17, 15) is 19.3 Å². The van der Waals surface area contributed by atoms with E-state index in [2.05, 4.69) is 25.4 Å². The number of nitrogens with zero attached hydrogens (tertiary/aromatic N) is 6. The Morgan fingerprint density at radius 2 is 2.14 bits per heavy atom. The van der Waals surface area contributed by atoms with Gasteiger partial charge in [-0.1, -0.05) is 9.95 Å². The molecule has 0 aliphatic carbocycles. The van der Waals surface area contributed by atoms with Crippen molar-refractivity contribution in [3.63, 3.8) is 0 Å². The molecule has 0 atom stereocenters. The lowest BCUT2D eigenvalue weighted by Crippen LogP contribution is -2.12. The zero-order valence-electron chi connectivity index (χ0n) is 11.2. The number of oxime groups is 1. The number of halogens is 1. The average Bonchev–Trinajstić information content (AvgIpc) is 2.94. The first-order valence-electron chi connectivity index (χ1n) is 5.88. The molecule has 10 nitrogen and oxygen atoms in total. The minimum atomic E-state index is -0.787. The first-order valence-corrected chi connectivity index (χ1v) is 5.88. The molecule has 0 aliphatic rings. The summed E-state index contributed by atoms with van der Waals surface area (Å²) in [5.41, 5.74) is 0.412. The van der Waals surface area contributed by atoms with Crippen LogP contribution in [-0.2, 0) is 11.4 Å². The van der Waals surface area contributed by atoms with Gasteiger partial charge in [0.15, 0.2) is 0 Å². The maximum atomic E-state index is 12.7. The molecular weight excluding hydrogens is 299 g/mol. The highest BCUT2D eigenvalue weighted by molar-refractivity contribution is 5.90. The van der Waals surface area contributed by atoms with Crippen LogP contribution in [0.1, 0.15) is 17.3 Å². The predicted molar refractivity (Wildman–Crippen MR) is 69.4 cm³/mol. The van der Waals surface area contributed by atoms with Crippen molar-refractivity contribution in [2.24, 2.45) is 5.16 Å². The van der Waals surface area contributed by atoms with Gasteiger partial charge in [0.05, 0.1) is 21.5 Å². The molecule has 114 valence electrons. The second-order valence-corrected chi connectivity index (χ2v) is 4.09. The van der Waals surface area contributed by atoms with Gasteiger partial charge in [-0.3, -0.25) is 0 Å². The zero-order chi connectivity index (χ0) is 16.1. The van der Waals surface area contributed by atoms with E-state index >= 15 is 0 Å². The topological polar surface area (TPSA) is 125 Å². The second-order valence-electron chi connectivity index (χ2n) is 4.09. The molecule has 0 N–H and O–H groups in total. The molecule has 0 saturated heterocycles. The average molecular weight is 308 g/mol. The lowest BCUT2D eigenvalue weighted by Gasteiger charge is -1.99. The number of rotatable bonds is 5. The Bertz CT molecular complexity index is 726. The molecule has 0 spiro atoms. The second kappa shape index (κ2) is 6.47. The van der Waals surface area contributed by atoms with Crippen molar-refractivity contribution in [2.75, 3.05) is 0 Å². The fraction of sp³-hybridized carbons (Fsp3) is 0.182. The molecule has 22 heavy (non-hydrogen) atoms. The van der Waals surface area contributed by atoms with Crippen LogP contribution in [0, 0.1) is 15.9 Å². The van der Waals surface area contributed by atoms with E-state index in [1.807, 2.05) is 0 Å². The van der Waals surface area contributed by atoms with E-state index in [0.29, 0.717) is 0 Å². The zero-order valence-corrected chi connectivity index (χ0v) is 11.2. The third-order valence-corrected chi connectivity index (χ3v) is 2.34. The molecule has 1 aromatic carbocycles. The molecular formula is C11H9FN6O4. The van der Waals surface area contributed by atoms with Crippen molar-refractivity contribution in [3.8, 4) is 0 Å². The fourth-order valence-corrected chi connectivity index (χ4v) is 1.37. The van der Waals surface area contributed by atoms with Crippen LogP contribution in [0.4, 0.5) is 10.3 Å². The van der Waals surface area contributed by atoms with Crippen LogP contribution in [0.25, 0.3) is 0 Å². The molecule has 0 saturated carbocycles. The minimum absolute atomic E-state index is 0.0441. The first kappa shape index (κ1) is 15.2. The van der Waals surface area contributed by atoms with Gasteiger partial charge in [-0.2, -0.15) is 0 Å². The van der Waals surface area contributed by atoms with Gasteiger partial charge in [-0.05, 0) is 36.1 Å².